The van der Waals surface area contributed by atoms with Crippen LogP contribution < -0.4 is 0 Å². The number of hydrogen-bond acceptors (Lipinski definition) is 2. The summed E-state index contributed by atoms with van der Waals surface area (Å²) in [6.45, 7) is -0.993. The van der Waals surface area contributed by atoms with Crippen molar-refractivity contribution in [2.75, 3.05) is 6.61 Å². The number of rotatable bonds is 4. The van der Waals surface area contributed by atoms with Crippen molar-refractivity contribution in [2.45, 2.75) is 6.18 Å². The average Bonchev–Trinajstić information content (AvgIpc) is 2.24. The van der Waals surface area contributed by atoms with Gasteiger partial charge in [0.25, 0.3) is 5.78 Å². The first-order valence-electron chi connectivity index (χ1n) is 4.43. The minimum absolute atomic E-state index is 0.780. The molecule has 1 aromatic carbocycles. The van der Waals surface area contributed by atoms with E-state index in [2.05, 4.69) is 4.74 Å². The van der Waals surface area contributed by atoms with Crippen molar-refractivity contribution in [3.8, 4) is 0 Å². The minimum Gasteiger partial charge on any atom is -0.493 e. The fourth-order valence-corrected chi connectivity index (χ4v) is 0.896. The molecule has 2 nitrogen and oxygen atoms in total. The lowest BCUT2D eigenvalue weighted by Crippen LogP contribution is -2.26. The highest BCUT2D eigenvalue weighted by atomic mass is 19.4. The first-order valence-corrected chi connectivity index (χ1v) is 4.43. The molecule has 0 bridgehead atoms. The summed E-state index contributed by atoms with van der Waals surface area (Å²) in [5, 5.41) is 0. The maximum atomic E-state index is 11.7. The number of carbonyl (C=O) groups is 1. The van der Waals surface area contributed by atoms with Gasteiger partial charge in [-0.05, 0) is 11.6 Å². The Labute approximate surface area is 90.3 Å². The Morgan fingerprint density at radius 1 is 1.25 bits per heavy atom. The lowest BCUT2D eigenvalue weighted by molar-refractivity contribution is -0.173. The molecule has 0 unspecified atom stereocenters. The summed E-state index contributed by atoms with van der Waals surface area (Å²) in [5.74, 6) is -1.90. The van der Waals surface area contributed by atoms with Crippen LogP contribution in [0.3, 0.4) is 0 Å². The number of ketones is 1. The van der Waals surface area contributed by atoms with Gasteiger partial charge in [-0.2, -0.15) is 13.2 Å². The molecule has 0 heterocycles. The van der Waals surface area contributed by atoms with E-state index < -0.39 is 18.6 Å². The molecule has 0 aromatic heterocycles. The molecule has 0 aliphatic carbocycles. The highest BCUT2D eigenvalue weighted by molar-refractivity contribution is 5.85. The Kier molecular flexibility index (Phi) is 4.10. The zero-order valence-electron chi connectivity index (χ0n) is 8.20. The molecular formula is C11H9F3O2. The Hall–Kier alpha value is -1.78. The number of hydrogen-bond donors (Lipinski definition) is 0. The second kappa shape index (κ2) is 5.34. The summed E-state index contributed by atoms with van der Waals surface area (Å²) in [4.78, 5) is 10.4. The van der Waals surface area contributed by atoms with Crippen LogP contribution in [0, 0.1) is 0 Å². The van der Waals surface area contributed by atoms with Gasteiger partial charge in [-0.3, -0.25) is 4.79 Å². The summed E-state index contributed by atoms with van der Waals surface area (Å²) in [5.41, 5.74) is 0.780. The summed E-state index contributed by atoms with van der Waals surface area (Å²) in [6.07, 6.45) is -2.29. The molecule has 0 aliphatic heterocycles. The van der Waals surface area contributed by atoms with Gasteiger partial charge in [0.1, 0.15) is 0 Å². The van der Waals surface area contributed by atoms with Crippen LogP contribution >= 0.6 is 0 Å². The molecule has 16 heavy (non-hydrogen) atoms. The molecule has 0 amide bonds. The molecule has 0 atom stereocenters. The Morgan fingerprint density at radius 3 is 2.44 bits per heavy atom. The van der Waals surface area contributed by atoms with E-state index in [4.69, 9.17) is 0 Å². The third-order valence-electron chi connectivity index (χ3n) is 1.69. The molecule has 0 N–H and O–H groups in total. The second-order valence-corrected chi connectivity index (χ2v) is 2.95. The monoisotopic (exact) mass is 230 g/mol. The first kappa shape index (κ1) is 12.3. The summed E-state index contributed by atoms with van der Waals surface area (Å²) in [7, 11) is 0. The van der Waals surface area contributed by atoms with Crippen LogP contribution in [0.4, 0.5) is 13.2 Å². The maximum Gasteiger partial charge on any atom is 0.453 e. The zero-order chi connectivity index (χ0) is 12.0. The van der Waals surface area contributed by atoms with E-state index in [0.717, 1.165) is 11.8 Å². The predicted octanol–water partition coefficient (Wildman–Crippen LogP) is 2.81. The molecule has 5 heteroatoms. The smallest absolute Gasteiger partial charge is 0.453 e. The van der Waals surface area contributed by atoms with Gasteiger partial charge in [0.15, 0.2) is 6.61 Å². The van der Waals surface area contributed by atoms with Gasteiger partial charge in [0, 0.05) is 0 Å². The quantitative estimate of drug-likeness (QED) is 0.743. The molecule has 0 aliphatic rings. The highest BCUT2D eigenvalue weighted by Gasteiger charge is 2.38. The van der Waals surface area contributed by atoms with E-state index in [-0.39, 0.29) is 0 Å². The van der Waals surface area contributed by atoms with Crippen LogP contribution in [-0.4, -0.2) is 18.6 Å². The molecule has 86 valence electrons. The van der Waals surface area contributed by atoms with Gasteiger partial charge in [0.2, 0.25) is 0 Å². The standard InChI is InChI=1S/C11H9F3O2/c12-11(13,14)10(15)8-16-7-6-9-4-2-1-3-5-9/h1-7H,8H2. The minimum atomic E-state index is -4.83. The van der Waals surface area contributed by atoms with Gasteiger partial charge in [-0.1, -0.05) is 30.3 Å². The SMILES string of the molecule is O=C(COC=Cc1ccccc1)C(F)(F)F. The number of Topliss-reactive ketones (excluding diaryl/α,β-unsaturated/α-hetero) is 1. The third kappa shape index (κ3) is 4.16. The van der Waals surface area contributed by atoms with Crippen molar-refractivity contribution in [1.29, 1.82) is 0 Å². The van der Waals surface area contributed by atoms with Crippen LogP contribution in [0.5, 0.6) is 0 Å². The lowest BCUT2D eigenvalue weighted by atomic mass is 10.2. The predicted molar refractivity (Wildman–Crippen MR) is 52.5 cm³/mol. The molecule has 0 saturated heterocycles. The van der Waals surface area contributed by atoms with E-state index in [0.29, 0.717) is 0 Å². The number of carbonyl (C=O) groups excluding carboxylic acids is 1. The van der Waals surface area contributed by atoms with E-state index in [1.165, 1.54) is 6.08 Å². The van der Waals surface area contributed by atoms with Crippen LogP contribution in [0.15, 0.2) is 36.6 Å². The van der Waals surface area contributed by atoms with E-state index >= 15 is 0 Å². The van der Waals surface area contributed by atoms with Crippen LogP contribution in [0.1, 0.15) is 5.56 Å². The van der Waals surface area contributed by atoms with Crippen molar-refractivity contribution < 1.29 is 22.7 Å². The second-order valence-electron chi connectivity index (χ2n) is 2.95. The largest absolute Gasteiger partial charge is 0.493 e. The summed E-state index contributed by atoms with van der Waals surface area (Å²) < 4.78 is 39.7. The molecule has 1 aromatic rings. The van der Waals surface area contributed by atoms with Crippen molar-refractivity contribution in [1.82, 2.24) is 0 Å². The van der Waals surface area contributed by atoms with Gasteiger partial charge >= 0.3 is 6.18 Å². The topological polar surface area (TPSA) is 26.3 Å². The highest BCUT2D eigenvalue weighted by Crippen LogP contribution is 2.15. The van der Waals surface area contributed by atoms with Gasteiger partial charge < -0.3 is 4.74 Å². The molecular weight excluding hydrogens is 221 g/mol. The van der Waals surface area contributed by atoms with Crippen LogP contribution in [0.25, 0.3) is 6.08 Å². The number of benzene rings is 1. The fourth-order valence-electron chi connectivity index (χ4n) is 0.896. The van der Waals surface area contributed by atoms with Crippen LogP contribution in [-0.2, 0) is 9.53 Å². The Bertz CT molecular complexity index is 369. The van der Waals surface area contributed by atoms with Crippen molar-refractivity contribution in [3.05, 3.63) is 42.2 Å². The summed E-state index contributed by atoms with van der Waals surface area (Å²) in [6, 6.07) is 8.88. The molecule has 0 spiro atoms. The summed E-state index contributed by atoms with van der Waals surface area (Å²) >= 11 is 0. The molecule has 0 fully saturated rings. The number of ether oxygens (including phenoxy) is 1. The lowest BCUT2D eigenvalue weighted by Gasteiger charge is -2.03. The Morgan fingerprint density at radius 2 is 1.88 bits per heavy atom. The van der Waals surface area contributed by atoms with Gasteiger partial charge in [-0.15, -0.1) is 0 Å². The van der Waals surface area contributed by atoms with E-state index in [1.54, 1.807) is 24.3 Å². The molecule has 0 saturated carbocycles. The number of alkyl halides is 3. The zero-order valence-corrected chi connectivity index (χ0v) is 8.20. The van der Waals surface area contributed by atoms with E-state index in [1.807, 2.05) is 6.07 Å². The van der Waals surface area contributed by atoms with Crippen molar-refractivity contribution in [2.24, 2.45) is 0 Å². The third-order valence-corrected chi connectivity index (χ3v) is 1.69. The first-order chi connectivity index (χ1) is 7.50. The maximum absolute atomic E-state index is 11.7. The van der Waals surface area contributed by atoms with Crippen molar-refractivity contribution >= 4 is 11.9 Å². The number of halogens is 3. The van der Waals surface area contributed by atoms with Gasteiger partial charge in [0.05, 0.1) is 6.26 Å². The fraction of sp³-hybridized carbons (Fsp3) is 0.182. The molecule has 1 rings (SSSR count). The van der Waals surface area contributed by atoms with Crippen LogP contribution in [0.2, 0.25) is 0 Å². The average molecular weight is 230 g/mol. The normalized spacial score (nSPS) is 11.7. The van der Waals surface area contributed by atoms with Crippen molar-refractivity contribution in [3.63, 3.8) is 0 Å². The molecule has 0 radical (unpaired) electrons. The van der Waals surface area contributed by atoms with Gasteiger partial charge in [-0.25, -0.2) is 0 Å². The van der Waals surface area contributed by atoms with E-state index in [9.17, 15) is 18.0 Å². The Balaban J connectivity index is 2.37.